The van der Waals surface area contributed by atoms with Crippen LogP contribution in [0.25, 0.3) is 0 Å². The molecule has 0 aliphatic carbocycles. The Labute approximate surface area is 168 Å². The minimum absolute atomic E-state index is 0.0690. The molecule has 0 spiro atoms. The first-order chi connectivity index (χ1) is 13.2. The Morgan fingerprint density at radius 1 is 1.00 bits per heavy atom. The molecule has 0 saturated carbocycles. The fourth-order valence-corrected chi connectivity index (χ4v) is 3.92. The van der Waals surface area contributed by atoms with Gasteiger partial charge in [0.15, 0.2) is 0 Å². The first-order valence-corrected chi connectivity index (χ1v) is 10.2. The van der Waals surface area contributed by atoms with E-state index in [-0.39, 0.29) is 11.9 Å². The summed E-state index contributed by atoms with van der Waals surface area (Å²) in [5.74, 6) is 0.0690. The number of hydrogen-bond acceptors (Lipinski definition) is 3. The number of carbonyl (C=O) groups is 1. The van der Waals surface area contributed by atoms with E-state index in [1.54, 1.807) is 5.01 Å². The van der Waals surface area contributed by atoms with Crippen LogP contribution in [0.2, 0.25) is 0 Å². The fourth-order valence-electron chi connectivity index (χ4n) is 3.66. The molecule has 2 aliphatic heterocycles. The molecule has 2 amide bonds. The molecule has 1 N–H and O–H groups in total. The van der Waals surface area contributed by atoms with Crippen molar-refractivity contribution in [3.05, 3.63) is 70.2 Å². The van der Waals surface area contributed by atoms with E-state index < -0.39 is 0 Å². The second-order valence-electron chi connectivity index (χ2n) is 7.00. The standard InChI is InChI=1S/C21H23BrN4O/c22-18-11-9-17(10-12-18)20-19(16-7-3-1-4-8-16)15-26(23-20)21(27)24-25-13-5-2-6-14-25/h1,3-4,7-12,19H,2,5-6,13-15H2,(H,24,27). The highest BCUT2D eigenvalue weighted by molar-refractivity contribution is 9.10. The van der Waals surface area contributed by atoms with Crippen LogP contribution < -0.4 is 5.43 Å². The van der Waals surface area contributed by atoms with Crippen LogP contribution in [-0.4, -0.2) is 41.4 Å². The molecule has 1 atom stereocenters. The quantitative estimate of drug-likeness (QED) is 0.791. The van der Waals surface area contributed by atoms with Crippen LogP contribution in [0.5, 0.6) is 0 Å². The van der Waals surface area contributed by atoms with Crippen molar-refractivity contribution in [1.82, 2.24) is 15.4 Å². The molecule has 0 aromatic heterocycles. The molecule has 0 bridgehead atoms. The third-order valence-electron chi connectivity index (χ3n) is 5.10. The van der Waals surface area contributed by atoms with Gasteiger partial charge in [0.05, 0.1) is 12.3 Å². The van der Waals surface area contributed by atoms with Gasteiger partial charge < -0.3 is 0 Å². The number of nitrogens with one attached hydrogen (secondary N) is 1. The van der Waals surface area contributed by atoms with E-state index in [0.717, 1.165) is 41.7 Å². The number of halogens is 1. The summed E-state index contributed by atoms with van der Waals surface area (Å²) in [4.78, 5) is 12.8. The number of rotatable bonds is 3. The molecule has 1 fully saturated rings. The second kappa shape index (κ2) is 8.23. The molecule has 27 heavy (non-hydrogen) atoms. The lowest BCUT2D eigenvalue weighted by Gasteiger charge is -2.28. The highest BCUT2D eigenvalue weighted by atomic mass is 79.9. The van der Waals surface area contributed by atoms with Crippen molar-refractivity contribution in [3.63, 3.8) is 0 Å². The predicted molar refractivity (Wildman–Crippen MR) is 111 cm³/mol. The van der Waals surface area contributed by atoms with Crippen LogP contribution in [0.15, 0.2) is 64.2 Å². The maximum atomic E-state index is 12.8. The molecule has 2 aromatic carbocycles. The van der Waals surface area contributed by atoms with E-state index in [0.29, 0.717) is 6.54 Å². The zero-order valence-electron chi connectivity index (χ0n) is 15.1. The maximum Gasteiger partial charge on any atom is 0.352 e. The maximum absolute atomic E-state index is 12.8. The number of hydrazone groups is 1. The minimum atomic E-state index is -0.148. The summed E-state index contributed by atoms with van der Waals surface area (Å²) >= 11 is 3.48. The summed E-state index contributed by atoms with van der Waals surface area (Å²) in [6, 6.07) is 18.2. The predicted octanol–water partition coefficient (Wildman–Crippen LogP) is 4.36. The van der Waals surface area contributed by atoms with Crippen molar-refractivity contribution in [2.24, 2.45) is 5.10 Å². The number of urea groups is 1. The van der Waals surface area contributed by atoms with E-state index in [9.17, 15) is 4.79 Å². The zero-order chi connectivity index (χ0) is 18.6. The fraction of sp³-hybridized carbons (Fsp3) is 0.333. The largest absolute Gasteiger partial charge is 0.352 e. The Balaban J connectivity index is 1.58. The van der Waals surface area contributed by atoms with Gasteiger partial charge >= 0.3 is 6.03 Å². The van der Waals surface area contributed by atoms with Crippen LogP contribution in [-0.2, 0) is 0 Å². The van der Waals surface area contributed by atoms with Gasteiger partial charge in [-0.1, -0.05) is 64.8 Å². The molecular formula is C21H23BrN4O. The van der Waals surface area contributed by atoms with Crippen molar-refractivity contribution >= 4 is 27.7 Å². The van der Waals surface area contributed by atoms with E-state index in [1.807, 2.05) is 47.5 Å². The zero-order valence-corrected chi connectivity index (χ0v) is 16.7. The number of hydrazine groups is 1. The summed E-state index contributed by atoms with van der Waals surface area (Å²) in [7, 11) is 0. The number of amides is 2. The Morgan fingerprint density at radius 2 is 1.70 bits per heavy atom. The lowest BCUT2D eigenvalue weighted by Crippen LogP contribution is -2.49. The lowest BCUT2D eigenvalue weighted by atomic mass is 9.91. The van der Waals surface area contributed by atoms with Crippen molar-refractivity contribution < 1.29 is 4.79 Å². The van der Waals surface area contributed by atoms with Crippen LogP contribution in [0.3, 0.4) is 0 Å². The van der Waals surface area contributed by atoms with E-state index in [2.05, 4.69) is 33.5 Å². The normalized spacial score (nSPS) is 20.4. The summed E-state index contributed by atoms with van der Waals surface area (Å²) in [6.45, 7) is 2.37. The van der Waals surface area contributed by atoms with Gasteiger partial charge in [-0.05, 0) is 36.1 Å². The summed E-state index contributed by atoms with van der Waals surface area (Å²) in [5, 5.41) is 8.29. The minimum Gasteiger partial charge on any atom is -0.269 e. The van der Waals surface area contributed by atoms with E-state index >= 15 is 0 Å². The van der Waals surface area contributed by atoms with Gasteiger partial charge in [-0.3, -0.25) is 5.43 Å². The monoisotopic (exact) mass is 426 g/mol. The summed E-state index contributed by atoms with van der Waals surface area (Å²) in [6.07, 6.45) is 3.48. The smallest absolute Gasteiger partial charge is 0.269 e. The van der Waals surface area contributed by atoms with Crippen LogP contribution in [0.4, 0.5) is 4.79 Å². The number of nitrogens with zero attached hydrogens (tertiary/aromatic N) is 3. The lowest BCUT2D eigenvalue weighted by molar-refractivity contribution is 0.133. The van der Waals surface area contributed by atoms with Crippen LogP contribution in [0.1, 0.15) is 36.3 Å². The molecule has 4 rings (SSSR count). The van der Waals surface area contributed by atoms with Crippen molar-refractivity contribution in [2.75, 3.05) is 19.6 Å². The number of benzene rings is 2. The molecule has 140 valence electrons. The Bertz CT molecular complexity index is 816. The molecule has 1 saturated heterocycles. The third kappa shape index (κ3) is 4.22. The summed E-state index contributed by atoms with van der Waals surface area (Å²) < 4.78 is 1.03. The molecule has 5 nitrogen and oxygen atoms in total. The van der Waals surface area contributed by atoms with Gasteiger partial charge in [0.1, 0.15) is 0 Å². The molecule has 1 unspecified atom stereocenters. The Kier molecular flexibility index (Phi) is 5.55. The molecule has 6 heteroatoms. The first kappa shape index (κ1) is 18.2. The number of hydrogen-bond donors (Lipinski definition) is 1. The van der Waals surface area contributed by atoms with Gasteiger partial charge in [0.25, 0.3) is 0 Å². The first-order valence-electron chi connectivity index (χ1n) is 9.43. The van der Waals surface area contributed by atoms with Crippen molar-refractivity contribution in [2.45, 2.75) is 25.2 Å². The van der Waals surface area contributed by atoms with Crippen LogP contribution >= 0.6 is 15.9 Å². The molecule has 2 aromatic rings. The van der Waals surface area contributed by atoms with E-state index in [1.165, 1.54) is 12.0 Å². The van der Waals surface area contributed by atoms with E-state index in [4.69, 9.17) is 5.10 Å². The molecular weight excluding hydrogens is 404 g/mol. The third-order valence-corrected chi connectivity index (χ3v) is 5.63. The van der Waals surface area contributed by atoms with Gasteiger partial charge in [-0.2, -0.15) is 5.10 Å². The van der Waals surface area contributed by atoms with Crippen LogP contribution in [0, 0.1) is 0 Å². The Morgan fingerprint density at radius 3 is 2.41 bits per heavy atom. The topological polar surface area (TPSA) is 47.9 Å². The molecule has 2 aliphatic rings. The molecule has 2 heterocycles. The van der Waals surface area contributed by atoms with Gasteiger partial charge in [0, 0.05) is 23.5 Å². The highest BCUT2D eigenvalue weighted by Crippen LogP contribution is 2.29. The van der Waals surface area contributed by atoms with Gasteiger partial charge in [-0.15, -0.1) is 0 Å². The molecule has 0 radical (unpaired) electrons. The number of carbonyl (C=O) groups excluding carboxylic acids is 1. The SMILES string of the molecule is O=C(NN1CCCCC1)N1CC(c2ccccc2)C(c2ccc(Br)cc2)=N1. The van der Waals surface area contributed by atoms with Crippen molar-refractivity contribution in [3.8, 4) is 0 Å². The highest BCUT2D eigenvalue weighted by Gasteiger charge is 2.32. The second-order valence-corrected chi connectivity index (χ2v) is 7.92. The van der Waals surface area contributed by atoms with Gasteiger partial charge in [-0.25, -0.2) is 14.8 Å². The number of piperidine rings is 1. The van der Waals surface area contributed by atoms with Gasteiger partial charge in [0.2, 0.25) is 0 Å². The average Bonchev–Trinajstić information content (AvgIpc) is 3.16. The van der Waals surface area contributed by atoms with Crippen molar-refractivity contribution in [1.29, 1.82) is 0 Å². The average molecular weight is 427 g/mol. The summed E-state index contributed by atoms with van der Waals surface area (Å²) in [5.41, 5.74) is 6.17. The Hall–Kier alpha value is -2.18.